The molecule has 1 saturated heterocycles. The minimum Gasteiger partial charge on any atom is -0.467 e. The van der Waals surface area contributed by atoms with Crippen LogP contribution in [0.4, 0.5) is 8.78 Å². The van der Waals surface area contributed by atoms with E-state index in [1.165, 1.54) is 11.2 Å². The molecule has 2 N–H and O–H groups in total. The fourth-order valence-corrected chi connectivity index (χ4v) is 4.21. The quantitative estimate of drug-likeness (QED) is 0.852. The summed E-state index contributed by atoms with van der Waals surface area (Å²) in [5.41, 5.74) is 5.78. The van der Waals surface area contributed by atoms with Crippen LogP contribution < -0.4 is 5.73 Å². The van der Waals surface area contributed by atoms with Crippen molar-refractivity contribution >= 4 is 15.9 Å². The van der Waals surface area contributed by atoms with Gasteiger partial charge in [0, 0.05) is 32.2 Å². The van der Waals surface area contributed by atoms with E-state index in [1.807, 2.05) is 0 Å². The number of rotatable bonds is 4. The summed E-state index contributed by atoms with van der Waals surface area (Å²) >= 11 is 0. The van der Waals surface area contributed by atoms with Crippen molar-refractivity contribution in [3.8, 4) is 0 Å². The Morgan fingerprint density at radius 2 is 1.85 bits per heavy atom. The van der Waals surface area contributed by atoms with Crippen LogP contribution in [0.15, 0.2) is 39.8 Å². The molecule has 0 radical (unpaired) electrons. The first-order valence-corrected chi connectivity index (χ1v) is 9.29. The van der Waals surface area contributed by atoms with Gasteiger partial charge in [0.1, 0.15) is 28.6 Å². The van der Waals surface area contributed by atoms with Crippen molar-refractivity contribution in [2.45, 2.75) is 11.4 Å². The Morgan fingerprint density at radius 1 is 1.15 bits per heavy atom. The smallest absolute Gasteiger partial charge is 0.257 e. The highest BCUT2D eigenvalue weighted by molar-refractivity contribution is 7.89. The van der Waals surface area contributed by atoms with Gasteiger partial charge < -0.3 is 15.1 Å². The molecule has 1 aliphatic heterocycles. The summed E-state index contributed by atoms with van der Waals surface area (Å²) in [7, 11) is -4.10. The number of amides is 1. The average molecular weight is 385 g/mol. The van der Waals surface area contributed by atoms with Crippen LogP contribution in [-0.2, 0) is 16.6 Å². The van der Waals surface area contributed by atoms with Crippen LogP contribution in [-0.4, -0.2) is 49.7 Å². The largest absolute Gasteiger partial charge is 0.467 e. The number of sulfonamides is 1. The zero-order valence-corrected chi connectivity index (χ0v) is 14.5. The molecule has 1 fully saturated rings. The van der Waals surface area contributed by atoms with Gasteiger partial charge >= 0.3 is 0 Å². The normalized spacial score (nSPS) is 16.0. The topological polar surface area (TPSA) is 96.9 Å². The molecule has 1 aromatic carbocycles. The first-order valence-electron chi connectivity index (χ1n) is 7.85. The van der Waals surface area contributed by atoms with Crippen LogP contribution in [0.25, 0.3) is 0 Å². The molecule has 2 aromatic rings. The van der Waals surface area contributed by atoms with Crippen molar-refractivity contribution < 1.29 is 26.4 Å². The van der Waals surface area contributed by atoms with E-state index >= 15 is 0 Å². The predicted molar refractivity (Wildman–Crippen MR) is 87.6 cm³/mol. The Bertz CT molecular complexity index is 921. The molecule has 1 amide bonds. The maximum atomic E-state index is 13.8. The molecule has 0 aliphatic carbocycles. The minimum absolute atomic E-state index is 0.00644. The van der Waals surface area contributed by atoms with E-state index in [2.05, 4.69) is 0 Å². The van der Waals surface area contributed by atoms with Gasteiger partial charge in [0.25, 0.3) is 5.91 Å². The van der Waals surface area contributed by atoms with E-state index in [1.54, 1.807) is 6.07 Å². The lowest BCUT2D eigenvalue weighted by atomic mass is 10.2. The van der Waals surface area contributed by atoms with E-state index in [9.17, 15) is 22.0 Å². The standard InChI is InChI=1S/C16H17F2N3O4S/c17-12-1-2-15(14(18)8-12)26(23,24)21-5-3-20(4-6-21)16(22)11-7-13(9-19)25-10-11/h1-2,7-8,10H,3-6,9,19H2. The summed E-state index contributed by atoms with van der Waals surface area (Å²) in [5.74, 6) is -1.81. The maximum Gasteiger partial charge on any atom is 0.257 e. The van der Waals surface area contributed by atoms with Crippen molar-refractivity contribution in [2.75, 3.05) is 26.2 Å². The second-order valence-electron chi connectivity index (χ2n) is 5.78. The fraction of sp³-hybridized carbons (Fsp3) is 0.312. The SMILES string of the molecule is NCc1cc(C(=O)N2CCN(S(=O)(=O)c3ccc(F)cc3F)CC2)co1. The monoisotopic (exact) mass is 385 g/mol. The molecule has 1 aliphatic rings. The summed E-state index contributed by atoms with van der Waals surface area (Å²) in [5, 5.41) is 0. The number of hydrogen-bond acceptors (Lipinski definition) is 5. The molecule has 26 heavy (non-hydrogen) atoms. The number of nitrogens with zero attached hydrogens (tertiary/aromatic N) is 2. The van der Waals surface area contributed by atoms with Crippen molar-refractivity contribution in [1.82, 2.24) is 9.21 Å². The molecule has 1 aromatic heterocycles. The number of nitrogens with two attached hydrogens (primary N) is 1. The molecule has 7 nitrogen and oxygen atoms in total. The summed E-state index contributed by atoms with van der Waals surface area (Å²) < 4.78 is 58.1. The Kier molecular flexibility index (Phi) is 5.08. The lowest BCUT2D eigenvalue weighted by Crippen LogP contribution is -2.50. The molecule has 0 atom stereocenters. The van der Waals surface area contributed by atoms with Crippen LogP contribution in [0.2, 0.25) is 0 Å². The fourth-order valence-electron chi connectivity index (χ4n) is 2.74. The second-order valence-corrected chi connectivity index (χ2v) is 7.68. The Balaban J connectivity index is 1.70. The van der Waals surface area contributed by atoms with E-state index in [0.29, 0.717) is 17.4 Å². The molecule has 0 unspecified atom stereocenters. The highest BCUT2D eigenvalue weighted by Crippen LogP contribution is 2.22. The molecule has 3 rings (SSSR count). The molecule has 140 valence electrons. The van der Waals surface area contributed by atoms with Gasteiger partial charge in [-0.25, -0.2) is 17.2 Å². The molecular formula is C16H17F2N3O4S. The lowest BCUT2D eigenvalue weighted by molar-refractivity contribution is 0.0697. The first kappa shape index (κ1) is 18.5. The van der Waals surface area contributed by atoms with Crippen LogP contribution in [0.3, 0.4) is 0 Å². The number of benzene rings is 1. The number of halogens is 2. The van der Waals surface area contributed by atoms with Gasteiger partial charge in [-0.05, 0) is 18.2 Å². The van der Waals surface area contributed by atoms with Crippen molar-refractivity contribution in [1.29, 1.82) is 0 Å². The Morgan fingerprint density at radius 3 is 2.42 bits per heavy atom. The highest BCUT2D eigenvalue weighted by Gasteiger charge is 2.32. The van der Waals surface area contributed by atoms with Crippen molar-refractivity contribution in [3.63, 3.8) is 0 Å². The zero-order valence-electron chi connectivity index (χ0n) is 13.7. The van der Waals surface area contributed by atoms with Crippen molar-refractivity contribution in [3.05, 3.63) is 53.5 Å². The number of carbonyl (C=O) groups is 1. The number of hydrogen-bond donors (Lipinski definition) is 1. The second kappa shape index (κ2) is 7.14. The molecule has 0 spiro atoms. The Labute approximate surface area is 149 Å². The first-order chi connectivity index (χ1) is 12.3. The van der Waals surface area contributed by atoms with Gasteiger partial charge in [-0.15, -0.1) is 0 Å². The third-order valence-corrected chi connectivity index (χ3v) is 6.07. The molecule has 0 saturated carbocycles. The van der Waals surface area contributed by atoms with E-state index < -0.39 is 26.6 Å². The summed E-state index contributed by atoms with van der Waals surface area (Å²) in [6.07, 6.45) is 1.31. The Hall–Kier alpha value is -2.30. The van der Waals surface area contributed by atoms with Gasteiger partial charge in [-0.3, -0.25) is 4.79 Å². The van der Waals surface area contributed by atoms with Crippen LogP contribution in [0, 0.1) is 11.6 Å². The number of furan rings is 1. The molecule has 0 bridgehead atoms. The maximum absolute atomic E-state index is 13.8. The van der Waals surface area contributed by atoms with Gasteiger partial charge in [0.05, 0.1) is 12.1 Å². The van der Waals surface area contributed by atoms with Crippen molar-refractivity contribution in [2.24, 2.45) is 5.73 Å². The third-order valence-electron chi connectivity index (χ3n) is 4.14. The molecule has 2 heterocycles. The summed E-state index contributed by atoms with van der Waals surface area (Å²) in [4.78, 5) is 13.3. The number of piperazine rings is 1. The van der Waals surface area contributed by atoms with Crippen LogP contribution in [0.5, 0.6) is 0 Å². The predicted octanol–water partition coefficient (Wildman–Crippen LogP) is 1.16. The average Bonchev–Trinajstić information content (AvgIpc) is 3.10. The van der Waals surface area contributed by atoms with Gasteiger partial charge in [-0.2, -0.15) is 4.31 Å². The van der Waals surface area contributed by atoms with Gasteiger partial charge in [-0.1, -0.05) is 0 Å². The summed E-state index contributed by atoms with van der Waals surface area (Å²) in [6, 6.07) is 3.86. The van der Waals surface area contributed by atoms with Gasteiger partial charge in [0.2, 0.25) is 10.0 Å². The number of carbonyl (C=O) groups excluding carboxylic acids is 1. The van der Waals surface area contributed by atoms with E-state index in [-0.39, 0.29) is 38.6 Å². The zero-order chi connectivity index (χ0) is 18.9. The van der Waals surface area contributed by atoms with Crippen LogP contribution >= 0.6 is 0 Å². The molecular weight excluding hydrogens is 368 g/mol. The van der Waals surface area contributed by atoms with Gasteiger partial charge in [0.15, 0.2) is 0 Å². The summed E-state index contributed by atoms with van der Waals surface area (Å²) in [6.45, 7) is 0.468. The molecule has 10 heteroatoms. The van der Waals surface area contributed by atoms with E-state index in [4.69, 9.17) is 10.2 Å². The third kappa shape index (κ3) is 3.48. The van der Waals surface area contributed by atoms with Crippen LogP contribution in [0.1, 0.15) is 16.1 Å². The van der Waals surface area contributed by atoms with E-state index in [0.717, 1.165) is 16.4 Å². The lowest BCUT2D eigenvalue weighted by Gasteiger charge is -2.33. The minimum atomic E-state index is -4.10. The highest BCUT2D eigenvalue weighted by atomic mass is 32.2.